The van der Waals surface area contributed by atoms with Gasteiger partial charge in [-0.3, -0.25) is 0 Å². The molecular weight excluding hydrogens is 734 g/mol. The van der Waals surface area contributed by atoms with Gasteiger partial charge < -0.3 is 0 Å². The van der Waals surface area contributed by atoms with Crippen LogP contribution in [-0.4, -0.2) is 60.7 Å². The van der Waals surface area contributed by atoms with Crippen molar-refractivity contribution < 1.29 is 114 Å². The molecule has 1 rings (SSSR count). The summed E-state index contributed by atoms with van der Waals surface area (Å²) in [4.78, 5) is 0. The molecule has 0 bridgehead atoms. The van der Waals surface area contributed by atoms with Crippen LogP contribution in [-0.2, 0) is 12.8 Å². The van der Waals surface area contributed by atoms with Gasteiger partial charge in [-0.15, -0.1) is 0 Å². The zero-order valence-corrected chi connectivity index (χ0v) is 20.6. The van der Waals surface area contributed by atoms with Crippen molar-refractivity contribution in [3.8, 4) is 0 Å². The predicted octanol–water partition coefficient (Wildman–Crippen LogP) is 10.7. The quantitative estimate of drug-likeness (QED) is 0.233. The summed E-state index contributed by atoms with van der Waals surface area (Å²) in [5, 5.41) is 0. The van der Waals surface area contributed by atoms with Crippen LogP contribution < -0.4 is 0 Å². The lowest BCUT2D eigenvalue weighted by atomic mass is 9.70. The molecule has 270 valence electrons. The summed E-state index contributed by atoms with van der Waals surface area (Å²) < 4.78 is 347. The minimum absolute atomic E-state index is 0.749. The minimum atomic E-state index is -8.25. The second kappa shape index (κ2) is 11.0. The number of halogens is 26. The Morgan fingerprint density at radius 1 is 0.261 bits per heavy atom. The van der Waals surface area contributed by atoms with E-state index < -0.39 is 120 Å². The lowest BCUT2D eigenvalue weighted by Crippen LogP contribution is -2.71. The van der Waals surface area contributed by atoms with Gasteiger partial charge in [-0.1, -0.05) is 24.3 Å². The molecule has 0 amide bonds. The Bertz CT molecular complexity index is 1070. The van der Waals surface area contributed by atoms with Gasteiger partial charge in [-0.05, 0) is 11.1 Å². The number of rotatable bonds is 8. The fourth-order valence-electron chi connectivity index (χ4n) is 3.94. The molecule has 0 atom stereocenters. The molecule has 0 N–H and O–H groups in total. The molecule has 0 fully saturated rings. The monoisotopic (exact) mass is 742 g/mol. The second-order valence-corrected chi connectivity index (χ2v) is 9.26. The largest absolute Gasteiger partial charge is 0.459 e. The highest BCUT2D eigenvalue weighted by molar-refractivity contribution is 5.29. The third-order valence-electron chi connectivity index (χ3n) is 6.47. The van der Waals surface area contributed by atoms with Crippen molar-refractivity contribution >= 4 is 0 Å². The van der Waals surface area contributed by atoms with Crippen LogP contribution >= 0.6 is 0 Å². The van der Waals surface area contributed by atoms with E-state index in [1.54, 1.807) is 0 Å². The number of alkyl halides is 26. The molecule has 1 aromatic rings. The average molecular weight is 742 g/mol. The van der Waals surface area contributed by atoms with E-state index in [9.17, 15) is 114 Å². The van der Waals surface area contributed by atoms with Crippen molar-refractivity contribution in [2.45, 2.75) is 73.6 Å². The summed E-state index contributed by atoms with van der Waals surface area (Å²) in [6.45, 7) is 0. The Morgan fingerprint density at radius 3 is 0.565 bits per heavy atom. The first-order valence-corrected chi connectivity index (χ1v) is 10.6. The van der Waals surface area contributed by atoms with Gasteiger partial charge in [0.05, 0.1) is 0 Å². The van der Waals surface area contributed by atoms with Crippen molar-refractivity contribution in [3.63, 3.8) is 0 Å². The third-order valence-corrected chi connectivity index (χ3v) is 6.47. The lowest BCUT2D eigenvalue weighted by molar-refractivity contribution is -0.461. The summed E-state index contributed by atoms with van der Waals surface area (Å²) in [7, 11) is 0. The molecule has 0 unspecified atom stereocenters. The topological polar surface area (TPSA) is 0 Å². The van der Waals surface area contributed by atoms with Gasteiger partial charge in [0.1, 0.15) is 0 Å². The Labute approximate surface area is 235 Å². The third kappa shape index (κ3) is 5.86. The first kappa shape index (κ1) is 41.4. The molecule has 0 saturated heterocycles. The van der Waals surface area contributed by atoms with Crippen LogP contribution in [0, 0.1) is 10.8 Å². The van der Waals surface area contributed by atoms with Crippen molar-refractivity contribution in [2.75, 3.05) is 0 Å². The van der Waals surface area contributed by atoms with Crippen LogP contribution in [0.1, 0.15) is 11.1 Å². The van der Waals surface area contributed by atoms with E-state index in [4.69, 9.17) is 0 Å². The van der Waals surface area contributed by atoms with Crippen LogP contribution in [0.2, 0.25) is 0 Å². The normalized spacial score (nSPS) is 16.2. The van der Waals surface area contributed by atoms with Crippen LogP contribution in [0.15, 0.2) is 24.3 Å². The minimum Gasteiger partial charge on any atom is -0.198 e. The Hall–Kier alpha value is -2.60. The second-order valence-electron chi connectivity index (χ2n) is 9.26. The van der Waals surface area contributed by atoms with Crippen molar-refractivity contribution in [1.82, 2.24) is 0 Å². The van der Waals surface area contributed by atoms with Crippen LogP contribution in [0.4, 0.5) is 114 Å². The molecule has 0 heterocycles. The van der Waals surface area contributed by atoms with E-state index in [-0.39, 0.29) is 0 Å². The smallest absolute Gasteiger partial charge is 0.198 e. The molecule has 0 nitrogen and oxygen atoms in total. The molecule has 26 heteroatoms. The number of hydrogen-bond acceptors (Lipinski definition) is 0. The zero-order chi connectivity index (χ0) is 37.4. The maximum atomic E-state index is 14.2. The van der Waals surface area contributed by atoms with Gasteiger partial charge in [0.25, 0.3) is 0 Å². The fourth-order valence-corrected chi connectivity index (χ4v) is 3.94. The SMILES string of the molecule is FC(F)(F)C(F)(F)C(F)(F)C(Cc1ccc(CC(C(F)(F)F)(C(F)(F)F)C(F)(F)C(F)(F)C(F)(F)F)cc1)(C(F)(F)F)C(F)(F)F. The number of benzene rings is 1. The van der Waals surface area contributed by atoms with E-state index in [2.05, 4.69) is 0 Å². The molecular formula is C20H8F26. The van der Waals surface area contributed by atoms with Crippen molar-refractivity contribution in [2.24, 2.45) is 10.8 Å². The van der Waals surface area contributed by atoms with Crippen LogP contribution in [0.3, 0.4) is 0 Å². The van der Waals surface area contributed by atoms with Crippen molar-refractivity contribution in [1.29, 1.82) is 0 Å². The van der Waals surface area contributed by atoms with Gasteiger partial charge in [0.2, 0.25) is 10.8 Å². The molecule has 0 spiro atoms. The highest BCUT2D eigenvalue weighted by atomic mass is 19.5. The predicted molar refractivity (Wildman–Crippen MR) is 94.8 cm³/mol. The first-order chi connectivity index (χ1) is 19.7. The van der Waals surface area contributed by atoms with Gasteiger partial charge in [-0.25, -0.2) is 0 Å². The Balaban J connectivity index is 4.04. The maximum absolute atomic E-state index is 14.2. The van der Waals surface area contributed by atoms with E-state index >= 15 is 0 Å². The molecule has 0 radical (unpaired) electrons. The summed E-state index contributed by atoms with van der Waals surface area (Å²) in [6, 6.07) is -3.00. The molecule has 0 aromatic heterocycles. The van der Waals surface area contributed by atoms with Crippen molar-refractivity contribution in [3.05, 3.63) is 35.4 Å². The standard InChI is InChI=1S/C20H8F26/c21-11(22,13(25,26)19(41,42)43)9(15(29,30)31,16(32,33)34)5-7-1-2-8(4-3-7)6-10(17(35,36)37,18(38,39)40)12(23,24)14(27,28)20(44,45)46/h1-4H,5-6H2. The fraction of sp³-hybridized carbons (Fsp3) is 0.700. The Kier molecular flexibility index (Phi) is 9.88. The number of hydrogen-bond donors (Lipinski definition) is 0. The first-order valence-electron chi connectivity index (χ1n) is 10.6. The maximum Gasteiger partial charge on any atom is 0.459 e. The van der Waals surface area contributed by atoms with E-state index in [1.807, 2.05) is 0 Å². The van der Waals surface area contributed by atoms with Gasteiger partial charge >= 0.3 is 60.7 Å². The average Bonchev–Trinajstić information content (AvgIpc) is 2.76. The molecule has 0 saturated carbocycles. The van der Waals surface area contributed by atoms with Gasteiger partial charge in [0, 0.05) is 12.8 Å². The Morgan fingerprint density at radius 2 is 0.435 bits per heavy atom. The summed E-state index contributed by atoms with van der Waals surface area (Å²) in [6.07, 6.45) is -54.6. The van der Waals surface area contributed by atoms with Crippen LogP contribution in [0.25, 0.3) is 0 Å². The van der Waals surface area contributed by atoms with E-state index in [0.717, 1.165) is 0 Å². The van der Waals surface area contributed by atoms with Gasteiger partial charge in [-0.2, -0.15) is 114 Å². The molecule has 0 aliphatic heterocycles. The van der Waals surface area contributed by atoms with E-state index in [1.165, 1.54) is 0 Å². The molecule has 1 aromatic carbocycles. The zero-order valence-electron chi connectivity index (χ0n) is 20.6. The highest BCUT2D eigenvalue weighted by Crippen LogP contribution is 2.68. The summed E-state index contributed by atoms with van der Waals surface area (Å²) in [5.74, 6) is -32.8. The molecule has 0 aliphatic carbocycles. The summed E-state index contributed by atoms with van der Waals surface area (Å²) in [5.41, 5.74) is -19.4. The van der Waals surface area contributed by atoms with E-state index in [0.29, 0.717) is 0 Å². The van der Waals surface area contributed by atoms with Gasteiger partial charge in [0.15, 0.2) is 0 Å². The lowest BCUT2D eigenvalue weighted by Gasteiger charge is -2.45. The molecule has 0 aliphatic rings. The summed E-state index contributed by atoms with van der Waals surface area (Å²) >= 11 is 0. The molecule has 46 heavy (non-hydrogen) atoms. The highest BCUT2D eigenvalue weighted by Gasteiger charge is 2.93. The van der Waals surface area contributed by atoms with Crippen LogP contribution in [0.5, 0.6) is 0 Å².